The second-order valence-corrected chi connectivity index (χ2v) is 4.41. The molecule has 0 radical (unpaired) electrons. The first-order chi connectivity index (χ1) is 7.97. The van der Waals surface area contributed by atoms with Gasteiger partial charge in [-0.05, 0) is 23.6 Å². The smallest absolute Gasteiger partial charge is 0.126 e. The van der Waals surface area contributed by atoms with E-state index < -0.39 is 11.6 Å². The van der Waals surface area contributed by atoms with Crippen LogP contribution in [-0.4, -0.2) is 9.78 Å². The van der Waals surface area contributed by atoms with Crippen LogP contribution < -0.4 is 0 Å². The van der Waals surface area contributed by atoms with Crippen molar-refractivity contribution in [2.75, 3.05) is 0 Å². The summed E-state index contributed by atoms with van der Waals surface area (Å²) in [5.74, 6) is -0.936. The number of hydrogen-bond donors (Lipinski definition) is 0. The maximum Gasteiger partial charge on any atom is 0.126 e. The Hall–Kier alpha value is -1.71. The Bertz CT molecular complexity index is 524. The van der Waals surface area contributed by atoms with Crippen LogP contribution in [-0.2, 0) is 7.05 Å². The molecule has 90 valence electrons. The van der Waals surface area contributed by atoms with Crippen molar-refractivity contribution >= 4 is 0 Å². The highest BCUT2D eigenvalue weighted by molar-refractivity contribution is 5.66. The Labute approximate surface area is 98.9 Å². The van der Waals surface area contributed by atoms with E-state index in [2.05, 4.69) is 5.10 Å². The van der Waals surface area contributed by atoms with Crippen LogP contribution in [0, 0.1) is 11.6 Å². The number of nitrogens with zero attached hydrogens (tertiary/aromatic N) is 2. The van der Waals surface area contributed by atoms with Gasteiger partial charge in [0.05, 0.1) is 5.69 Å². The second-order valence-electron chi connectivity index (χ2n) is 4.41. The fourth-order valence-corrected chi connectivity index (χ4v) is 1.86. The van der Waals surface area contributed by atoms with Crippen LogP contribution in [0.15, 0.2) is 24.4 Å². The normalized spacial score (nSPS) is 11.2. The highest BCUT2D eigenvalue weighted by Gasteiger charge is 2.14. The molecule has 0 aliphatic carbocycles. The van der Waals surface area contributed by atoms with Crippen molar-refractivity contribution in [3.8, 4) is 11.1 Å². The van der Waals surface area contributed by atoms with Gasteiger partial charge in [-0.1, -0.05) is 13.8 Å². The minimum absolute atomic E-state index is 0.206. The predicted octanol–water partition coefficient (Wildman–Crippen LogP) is 3.49. The van der Waals surface area contributed by atoms with Crippen molar-refractivity contribution < 1.29 is 8.78 Å². The highest BCUT2D eigenvalue weighted by atomic mass is 19.1. The SMILES string of the molecule is CC(C)c1nn(C)cc1-c1cc(F)cc(F)c1. The molecule has 0 saturated carbocycles. The molecule has 17 heavy (non-hydrogen) atoms. The van der Waals surface area contributed by atoms with Gasteiger partial charge in [0.1, 0.15) is 11.6 Å². The quantitative estimate of drug-likeness (QED) is 0.780. The van der Waals surface area contributed by atoms with Crippen molar-refractivity contribution in [3.05, 3.63) is 41.7 Å². The summed E-state index contributed by atoms with van der Waals surface area (Å²) in [5, 5.41) is 4.32. The molecule has 4 heteroatoms. The van der Waals surface area contributed by atoms with Gasteiger partial charge in [-0.25, -0.2) is 8.78 Å². The Balaban J connectivity index is 2.59. The summed E-state index contributed by atoms with van der Waals surface area (Å²) in [6, 6.07) is 3.52. The van der Waals surface area contributed by atoms with Crippen molar-refractivity contribution in [1.82, 2.24) is 9.78 Å². The van der Waals surface area contributed by atoms with Crippen LogP contribution in [0.5, 0.6) is 0 Å². The van der Waals surface area contributed by atoms with E-state index in [0.717, 1.165) is 17.3 Å². The van der Waals surface area contributed by atoms with Crippen LogP contribution in [0.4, 0.5) is 8.78 Å². The third-order valence-corrected chi connectivity index (χ3v) is 2.58. The Morgan fingerprint density at radius 1 is 1.12 bits per heavy atom. The fourth-order valence-electron chi connectivity index (χ4n) is 1.86. The monoisotopic (exact) mass is 236 g/mol. The maximum atomic E-state index is 13.2. The van der Waals surface area contributed by atoms with Gasteiger partial charge in [-0.2, -0.15) is 5.10 Å². The fraction of sp³-hybridized carbons (Fsp3) is 0.308. The van der Waals surface area contributed by atoms with E-state index in [1.165, 1.54) is 12.1 Å². The molecule has 0 N–H and O–H groups in total. The summed E-state index contributed by atoms with van der Waals surface area (Å²) in [6.07, 6.45) is 1.78. The molecule has 0 aliphatic rings. The molecule has 2 nitrogen and oxygen atoms in total. The summed E-state index contributed by atoms with van der Waals surface area (Å²) in [5.41, 5.74) is 2.15. The molecule has 0 bridgehead atoms. The predicted molar refractivity (Wildman–Crippen MR) is 62.6 cm³/mol. The van der Waals surface area contributed by atoms with Crippen molar-refractivity contribution in [1.29, 1.82) is 0 Å². The van der Waals surface area contributed by atoms with Crippen molar-refractivity contribution in [2.24, 2.45) is 7.05 Å². The van der Waals surface area contributed by atoms with Gasteiger partial charge in [0.2, 0.25) is 0 Å². The standard InChI is InChI=1S/C13H14F2N2/c1-8(2)13-12(7-17(3)16-13)9-4-10(14)6-11(15)5-9/h4-8H,1-3H3. The van der Waals surface area contributed by atoms with Crippen LogP contribution in [0.3, 0.4) is 0 Å². The Morgan fingerprint density at radius 3 is 2.24 bits per heavy atom. The summed E-state index contributed by atoms with van der Waals surface area (Å²) >= 11 is 0. The molecule has 0 spiro atoms. The van der Waals surface area contributed by atoms with Gasteiger partial charge in [0.25, 0.3) is 0 Å². The summed E-state index contributed by atoms with van der Waals surface area (Å²) in [4.78, 5) is 0. The first kappa shape index (κ1) is 11.8. The lowest BCUT2D eigenvalue weighted by atomic mass is 10.00. The molecule has 1 aromatic carbocycles. The molecule has 0 atom stereocenters. The van der Waals surface area contributed by atoms with Gasteiger partial charge in [-0.15, -0.1) is 0 Å². The summed E-state index contributed by atoms with van der Waals surface area (Å²) in [7, 11) is 1.80. The molecule has 1 aromatic heterocycles. The molecule has 0 aliphatic heterocycles. The molecule has 1 heterocycles. The maximum absolute atomic E-state index is 13.2. The first-order valence-electron chi connectivity index (χ1n) is 5.47. The zero-order valence-electron chi connectivity index (χ0n) is 10.0. The second kappa shape index (κ2) is 4.28. The number of halogens is 2. The van der Waals surface area contributed by atoms with Crippen LogP contribution in [0.2, 0.25) is 0 Å². The third-order valence-electron chi connectivity index (χ3n) is 2.58. The molecule has 0 unspecified atom stereocenters. The molecule has 2 rings (SSSR count). The number of rotatable bonds is 2. The number of benzene rings is 1. The molecule has 0 fully saturated rings. The van der Waals surface area contributed by atoms with Crippen molar-refractivity contribution in [2.45, 2.75) is 19.8 Å². The number of hydrogen-bond acceptors (Lipinski definition) is 1. The molecular formula is C13H14F2N2. The average Bonchev–Trinajstić information content (AvgIpc) is 2.59. The van der Waals surface area contributed by atoms with Gasteiger partial charge in [0, 0.05) is 24.9 Å². The topological polar surface area (TPSA) is 17.8 Å². The molecule has 2 aromatic rings. The zero-order valence-corrected chi connectivity index (χ0v) is 10.0. The summed E-state index contributed by atoms with van der Waals surface area (Å²) < 4.78 is 28.0. The van der Waals surface area contributed by atoms with E-state index in [-0.39, 0.29) is 5.92 Å². The van der Waals surface area contributed by atoms with Gasteiger partial charge in [0.15, 0.2) is 0 Å². The minimum Gasteiger partial charge on any atom is -0.275 e. The average molecular weight is 236 g/mol. The minimum atomic E-state index is -0.571. The van der Waals surface area contributed by atoms with E-state index >= 15 is 0 Å². The lowest BCUT2D eigenvalue weighted by molar-refractivity contribution is 0.584. The summed E-state index contributed by atoms with van der Waals surface area (Å²) in [6.45, 7) is 4.00. The van der Waals surface area contributed by atoms with Gasteiger partial charge < -0.3 is 0 Å². The number of aryl methyl sites for hydroxylation is 1. The van der Waals surface area contributed by atoms with E-state index in [1.54, 1.807) is 17.9 Å². The molecule has 0 saturated heterocycles. The van der Waals surface area contributed by atoms with Crippen LogP contribution >= 0.6 is 0 Å². The lowest BCUT2D eigenvalue weighted by Gasteiger charge is -2.05. The third kappa shape index (κ3) is 2.35. The highest BCUT2D eigenvalue weighted by Crippen LogP contribution is 2.28. The van der Waals surface area contributed by atoms with E-state index in [9.17, 15) is 8.78 Å². The van der Waals surface area contributed by atoms with Crippen LogP contribution in [0.1, 0.15) is 25.5 Å². The Kier molecular flexibility index (Phi) is 2.96. The number of aromatic nitrogens is 2. The molecule has 0 amide bonds. The van der Waals surface area contributed by atoms with Crippen LogP contribution in [0.25, 0.3) is 11.1 Å². The first-order valence-corrected chi connectivity index (χ1v) is 5.47. The lowest BCUT2D eigenvalue weighted by Crippen LogP contribution is -1.94. The van der Waals surface area contributed by atoms with E-state index in [4.69, 9.17) is 0 Å². The Morgan fingerprint density at radius 2 is 1.71 bits per heavy atom. The van der Waals surface area contributed by atoms with E-state index in [1.807, 2.05) is 13.8 Å². The largest absolute Gasteiger partial charge is 0.275 e. The molecular weight excluding hydrogens is 222 g/mol. The van der Waals surface area contributed by atoms with Crippen molar-refractivity contribution in [3.63, 3.8) is 0 Å². The zero-order chi connectivity index (χ0) is 12.6. The van der Waals surface area contributed by atoms with E-state index in [0.29, 0.717) is 5.56 Å². The van der Waals surface area contributed by atoms with Gasteiger partial charge in [-0.3, -0.25) is 4.68 Å². The van der Waals surface area contributed by atoms with Gasteiger partial charge >= 0.3 is 0 Å².